The van der Waals surface area contributed by atoms with E-state index in [9.17, 15) is 13.5 Å². The fourth-order valence-electron chi connectivity index (χ4n) is 2.29. The molecule has 1 aliphatic heterocycles. The molecule has 0 aliphatic carbocycles. The summed E-state index contributed by atoms with van der Waals surface area (Å²) in [5, 5.41) is 9.93. The molecule has 18 heavy (non-hydrogen) atoms. The van der Waals surface area contributed by atoms with E-state index in [2.05, 4.69) is 0 Å². The van der Waals surface area contributed by atoms with Crippen molar-refractivity contribution in [3.63, 3.8) is 0 Å². The molecule has 0 spiro atoms. The quantitative estimate of drug-likeness (QED) is 0.895. The fraction of sp³-hybridized carbons (Fsp3) is 0.500. The number of aliphatic hydroxyl groups is 1. The molecule has 1 aliphatic rings. The number of sulfone groups is 1. The van der Waals surface area contributed by atoms with Crippen LogP contribution in [0.1, 0.15) is 12.5 Å². The SMILES string of the molecule is CC1CS(=O)(=O)CCN1c1cc(Cl)ccc1CO. The maximum atomic E-state index is 11.6. The van der Waals surface area contributed by atoms with Gasteiger partial charge in [0.05, 0.1) is 18.1 Å². The van der Waals surface area contributed by atoms with Crippen LogP contribution in [0.4, 0.5) is 5.69 Å². The molecule has 1 saturated heterocycles. The number of hydrogen-bond acceptors (Lipinski definition) is 4. The van der Waals surface area contributed by atoms with Crippen LogP contribution in [0.25, 0.3) is 0 Å². The first-order valence-electron chi connectivity index (χ1n) is 5.79. The van der Waals surface area contributed by atoms with Gasteiger partial charge in [0.15, 0.2) is 9.84 Å². The highest BCUT2D eigenvalue weighted by molar-refractivity contribution is 7.91. The molecule has 1 heterocycles. The van der Waals surface area contributed by atoms with Crippen LogP contribution in [0.2, 0.25) is 5.02 Å². The summed E-state index contributed by atoms with van der Waals surface area (Å²) in [5.41, 5.74) is 1.60. The highest BCUT2D eigenvalue weighted by Gasteiger charge is 2.29. The summed E-state index contributed by atoms with van der Waals surface area (Å²) in [4.78, 5) is 2.00. The second-order valence-electron chi connectivity index (χ2n) is 4.59. The lowest BCUT2D eigenvalue weighted by molar-refractivity contribution is 0.282. The zero-order valence-electron chi connectivity index (χ0n) is 10.1. The molecule has 1 atom stereocenters. The minimum Gasteiger partial charge on any atom is -0.392 e. The van der Waals surface area contributed by atoms with Gasteiger partial charge in [0, 0.05) is 28.9 Å². The predicted molar refractivity (Wildman–Crippen MR) is 72.8 cm³/mol. The number of anilines is 1. The van der Waals surface area contributed by atoms with Crippen molar-refractivity contribution in [3.05, 3.63) is 28.8 Å². The van der Waals surface area contributed by atoms with Gasteiger partial charge in [0.1, 0.15) is 0 Å². The predicted octanol–water partition coefficient (Wildman–Crippen LogP) is 1.46. The Kier molecular flexibility index (Phi) is 3.84. The van der Waals surface area contributed by atoms with E-state index in [4.69, 9.17) is 11.6 Å². The monoisotopic (exact) mass is 289 g/mol. The number of aliphatic hydroxyl groups excluding tert-OH is 1. The minimum atomic E-state index is -2.94. The van der Waals surface area contributed by atoms with Crippen LogP contribution in [0.15, 0.2) is 18.2 Å². The lowest BCUT2D eigenvalue weighted by Crippen LogP contribution is -2.47. The molecule has 0 amide bonds. The van der Waals surface area contributed by atoms with Crippen LogP contribution in [0.3, 0.4) is 0 Å². The maximum Gasteiger partial charge on any atom is 0.154 e. The molecule has 1 N–H and O–H groups in total. The van der Waals surface area contributed by atoms with Gasteiger partial charge in [-0.25, -0.2) is 8.42 Å². The van der Waals surface area contributed by atoms with Crippen molar-refractivity contribution in [2.24, 2.45) is 0 Å². The van der Waals surface area contributed by atoms with Gasteiger partial charge in [-0.05, 0) is 19.1 Å². The van der Waals surface area contributed by atoms with Crippen LogP contribution < -0.4 is 4.90 Å². The number of nitrogens with zero attached hydrogens (tertiary/aromatic N) is 1. The molecule has 1 aromatic carbocycles. The van der Waals surface area contributed by atoms with Crippen molar-refractivity contribution in [2.75, 3.05) is 23.0 Å². The van der Waals surface area contributed by atoms with Crippen molar-refractivity contribution in [3.8, 4) is 0 Å². The van der Waals surface area contributed by atoms with Gasteiger partial charge < -0.3 is 10.0 Å². The van der Waals surface area contributed by atoms with E-state index in [1.54, 1.807) is 18.2 Å². The summed E-state index contributed by atoms with van der Waals surface area (Å²) in [6.45, 7) is 2.23. The van der Waals surface area contributed by atoms with E-state index in [-0.39, 0.29) is 24.2 Å². The molecule has 2 rings (SSSR count). The first-order chi connectivity index (χ1) is 8.43. The average Bonchev–Trinajstić information content (AvgIpc) is 2.28. The molecular weight excluding hydrogens is 274 g/mol. The average molecular weight is 290 g/mol. The first-order valence-corrected chi connectivity index (χ1v) is 7.99. The van der Waals surface area contributed by atoms with E-state index < -0.39 is 9.84 Å². The minimum absolute atomic E-state index is 0.0809. The Morgan fingerprint density at radius 3 is 2.83 bits per heavy atom. The molecule has 100 valence electrons. The van der Waals surface area contributed by atoms with Crippen molar-refractivity contribution in [1.29, 1.82) is 0 Å². The summed E-state index contributed by atoms with van der Waals surface area (Å²) in [7, 11) is -2.94. The van der Waals surface area contributed by atoms with Crippen LogP contribution in [-0.2, 0) is 16.4 Å². The van der Waals surface area contributed by atoms with Gasteiger partial charge in [0.2, 0.25) is 0 Å². The molecule has 0 bridgehead atoms. The number of rotatable bonds is 2. The van der Waals surface area contributed by atoms with Crippen molar-refractivity contribution in [2.45, 2.75) is 19.6 Å². The Hall–Kier alpha value is -0.780. The molecule has 0 aromatic heterocycles. The molecule has 0 saturated carbocycles. The van der Waals surface area contributed by atoms with Gasteiger partial charge in [-0.2, -0.15) is 0 Å². The third-order valence-electron chi connectivity index (χ3n) is 3.20. The Balaban J connectivity index is 2.34. The Morgan fingerprint density at radius 2 is 2.22 bits per heavy atom. The second kappa shape index (κ2) is 5.07. The first kappa shape index (κ1) is 13.6. The topological polar surface area (TPSA) is 57.6 Å². The van der Waals surface area contributed by atoms with Crippen LogP contribution >= 0.6 is 11.6 Å². The van der Waals surface area contributed by atoms with Crippen LogP contribution in [0, 0.1) is 0 Å². The largest absolute Gasteiger partial charge is 0.392 e. The lowest BCUT2D eigenvalue weighted by Gasteiger charge is -2.36. The van der Waals surface area contributed by atoms with Crippen molar-refractivity contribution >= 4 is 27.1 Å². The van der Waals surface area contributed by atoms with Crippen molar-refractivity contribution in [1.82, 2.24) is 0 Å². The van der Waals surface area contributed by atoms with Gasteiger partial charge >= 0.3 is 0 Å². The molecule has 1 aromatic rings. The van der Waals surface area contributed by atoms with Crippen molar-refractivity contribution < 1.29 is 13.5 Å². The van der Waals surface area contributed by atoms with E-state index in [0.717, 1.165) is 11.3 Å². The Bertz CT molecular complexity index is 544. The number of hydrogen-bond donors (Lipinski definition) is 1. The summed E-state index contributed by atoms with van der Waals surface area (Å²) >= 11 is 5.97. The molecule has 1 fully saturated rings. The van der Waals surface area contributed by atoms with E-state index in [1.165, 1.54) is 0 Å². The van der Waals surface area contributed by atoms with Gasteiger partial charge in [-0.3, -0.25) is 0 Å². The van der Waals surface area contributed by atoms with E-state index >= 15 is 0 Å². The lowest BCUT2D eigenvalue weighted by atomic mass is 10.1. The highest BCUT2D eigenvalue weighted by atomic mass is 35.5. The van der Waals surface area contributed by atoms with Gasteiger partial charge in [0.25, 0.3) is 0 Å². The van der Waals surface area contributed by atoms with E-state index in [1.807, 2.05) is 11.8 Å². The number of halogens is 1. The summed E-state index contributed by atoms with van der Waals surface area (Å²) in [5.74, 6) is 0.291. The molecule has 4 nitrogen and oxygen atoms in total. The summed E-state index contributed by atoms with van der Waals surface area (Å²) in [6, 6.07) is 5.17. The Morgan fingerprint density at radius 1 is 1.50 bits per heavy atom. The van der Waals surface area contributed by atoms with Gasteiger partial charge in [-0.1, -0.05) is 17.7 Å². The molecule has 6 heteroatoms. The van der Waals surface area contributed by atoms with Crippen LogP contribution in [-0.4, -0.2) is 37.6 Å². The smallest absolute Gasteiger partial charge is 0.154 e. The maximum absolute atomic E-state index is 11.6. The number of benzene rings is 1. The van der Waals surface area contributed by atoms with E-state index in [0.29, 0.717) is 11.6 Å². The fourth-order valence-corrected chi connectivity index (χ4v) is 4.02. The standard InChI is InChI=1S/C12H16ClNO3S/c1-9-8-18(16,17)5-4-14(9)12-6-11(13)3-2-10(12)7-15/h2-3,6,9,15H,4-5,7-8H2,1H3. The van der Waals surface area contributed by atoms with Gasteiger partial charge in [-0.15, -0.1) is 0 Å². The van der Waals surface area contributed by atoms with Crippen LogP contribution in [0.5, 0.6) is 0 Å². The highest BCUT2D eigenvalue weighted by Crippen LogP contribution is 2.28. The normalized spacial score (nSPS) is 23.1. The second-order valence-corrected chi connectivity index (χ2v) is 7.25. The zero-order valence-corrected chi connectivity index (χ0v) is 11.7. The summed E-state index contributed by atoms with van der Waals surface area (Å²) < 4.78 is 23.1. The molecule has 1 unspecified atom stereocenters. The summed E-state index contributed by atoms with van der Waals surface area (Å²) in [6.07, 6.45) is 0. The zero-order chi connectivity index (χ0) is 13.3. The third-order valence-corrected chi connectivity index (χ3v) is 5.23. The molecular formula is C12H16ClNO3S. The third kappa shape index (κ3) is 2.79. The Labute approximate surface area is 112 Å². The molecule has 0 radical (unpaired) electrons.